The largest absolute Gasteiger partial charge is 0.467 e. The van der Waals surface area contributed by atoms with E-state index in [9.17, 15) is 13.2 Å². The molecule has 0 saturated carbocycles. The van der Waals surface area contributed by atoms with E-state index in [1.165, 1.54) is 19.3 Å². The standard InChI is InChI=1S/C18H22ClNO5S/c1-4-26(22,23)25-17-8-7-15(19)10-14(17)11-20(18(21)13(2)3)12-16-6-5-9-24-16/h5-10,13H,4,11-12H2,1-3H3. The lowest BCUT2D eigenvalue weighted by Crippen LogP contribution is -2.33. The summed E-state index contributed by atoms with van der Waals surface area (Å²) in [4.78, 5) is 14.2. The lowest BCUT2D eigenvalue weighted by Gasteiger charge is -2.25. The molecule has 142 valence electrons. The van der Waals surface area contributed by atoms with Gasteiger partial charge in [0.2, 0.25) is 5.91 Å². The number of halogens is 1. The molecule has 0 aliphatic carbocycles. The molecule has 1 amide bonds. The maximum atomic E-state index is 12.6. The van der Waals surface area contributed by atoms with Crippen molar-refractivity contribution in [2.45, 2.75) is 33.9 Å². The summed E-state index contributed by atoms with van der Waals surface area (Å²) in [5, 5.41) is 0.427. The van der Waals surface area contributed by atoms with Gasteiger partial charge >= 0.3 is 10.1 Å². The predicted octanol–water partition coefficient (Wildman–Crippen LogP) is 3.85. The first-order valence-corrected chi connectivity index (χ1v) is 10.2. The monoisotopic (exact) mass is 399 g/mol. The topological polar surface area (TPSA) is 76.8 Å². The molecular formula is C18H22ClNO5S. The molecule has 0 aliphatic heterocycles. The van der Waals surface area contributed by atoms with Crippen LogP contribution < -0.4 is 4.18 Å². The molecule has 0 atom stereocenters. The smallest absolute Gasteiger partial charge is 0.308 e. The molecule has 0 bridgehead atoms. The number of hydrogen-bond acceptors (Lipinski definition) is 5. The van der Waals surface area contributed by atoms with Gasteiger partial charge < -0.3 is 13.5 Å². The summed E-state index contributed by atoms with van der Waals surface area (Å²) in [5.41, 5.74) is 0.509. The SMILES string of the molecule is CCS(=O)(=O)Oc1ccc(Cl)cc1CN(Cc1ccco1)C(=O)C(C)C. The number of furan rings is 1. The van der Waals surface area contributed by atoms with Gasteiger partial charge in [-0.15, -0.1) is 0 Å². The minimum Gasteiger partial charge on any atom is -0.467 e. The molecule has 2 aromatic rings. The van der Waals surface area contributed by atoms with Crippen LogP contribution >= 0.6 is 11.6 Å². The first-order chi connectivity index (χ1) is 12.2. The first-order valence-electron chi connectivity index (χ1n) is 8.23. The summed E-state index contributed by atoms with van der Waals surface area (Å²) in [6.07, 6.45) is 1.54. The van der Waals surface area contributed by atoms with Crippen LogP contribution in [-0.4, -0.2) is 25.0 Å². The Morgan fingerprint density at radius 1 is 1.27 bits per heavy atom. The van der Waals surface area contributed by atoms with Crippen molar-refractivity contribution in [1.82, 2.24) is 4.90 Å². The molecule has 0 radical (unpaired) electrons. The van der Waals surface area contributed by atoms with Crippen LogP contribution in [0, 0.1) is 5.92 Å². The van der Waals surface area contributed by atoms with Gasteiger partial charge in [-0.3, -0.25) is 4.79 Å². The van der Waals surface area contributed by atoms with Crippen molar-refractivity contribution in [3.05, 3.63) is 52.9 Å². The van der Waals surface area contributed by atoms with Gasteiger partial charge in [0.15, 0.2) is 0 Å². The summed E-state index contributed by atoms with van der Waals surface area (Å²) in [7, 11) is -3.70. The molecule has 0 fully saturated rings. The van der Waals surface area contributed by atoms with Gasteiger partial charge in [0.05, 0.1) is 18.6 Å². The molecule has 8 heteroatoms. The van der Waals surface area contributed by atoms with Crippen LogP contribution in [0.2, 0.25) is 5.02 Å². The Morgan fingerprint density at radius 2 is 2.00 bits per heavy atom. The van der Waals surface area contributed by atoms with Crippen molar-refractivity contribution >= 4 is 27.6 Å². The van der Waals surface area contributed by atoms with Crippen molar-refractivity contribution in [2.75, 3.05) is 5.75 Å². The van der Waals surface area contributed by atoms with Crippen LogP contribution in [0.4, 0.5) is 0 Å². The summed E-state index contributed by atoms with van der Waals surface area (Å²) >= 11 is 6.06. The third-order valence-electron chi connectivity index (χ3n) is 3.69. The maximum absolute atomic E-state index is 12.6. The average Bonchev–Trinajstić information content (AvgIpc) is 3.09. The van der Waals surface area contributed by atoms with E-state index in [0.717, 1.165) is 0 Å². The quantitative estimate of drug-likeness (QED) is 0.630. The highest BCUT2D eigenvalue weighted by atomic mass is 35.5. The second-order valence-electron chi connectivity index (χ2n) is 6.11. The van der Waals surface area contributed by atoms with Gasteiger partial charge in [-0.1, -0.05) is 25.4 Å². The van der Waals surface area contributed by atoms with E-state index in [-0.39, 0.29) is 36.4 Å². The van der Waals surface area contributed by atoms with E-state index in [1.54, 1.807) is 43.0 Å². The van der Waals surface area contributed by atoms with E-state index >= 15 is 0 Å². The first kappa shape index (κ1) is 20.3. The number of benzene rings is 1. The molecule has 0 unspecified atom stereocenters. The molecule has 26 heavy (non-hydrogen) atoms. The Morgan fingerprint density at radius 3 is 2.58 bits per heavy atom. The molecule has 1 heterocycles. The highest BCUT2D eigenvalue weighted by Crippen LogP contribution is 2.27. The van der Waals surface area contributed by atoms with Crippen LogP contribution in [0.25, 0.3) is 0 Å². The molecule has 1 aromatic heterocycles. The number of carbonyl (C=O) groups excluding carboxylic acids is 1. The van der Waals surface area contributed by atoms with Crippen LogP contribution in [0.15, 0.2) is 41.0 Å². The zero-order chi connectivity index (χ0) is 19.3. The van der Waals surface area contributed by atoms with Gasteiger partial charge in [-0.25, -0.2) is 0 Å². The summed E-state index contributed by atoms with van der Waals surface area (Å²) < 4.78 is 34.2. The average molecular weight is 400 g/mol. The van der Waals surface area contributed by atoms with E-state index in [1.807, 2.05) is 0 Å². The number of nitrogens with zero attached hydrogens (tertiary/aromatic N) is 1. The number of carbonyl (C=O) groups is 1. The van der Waals surface area contributed by atoms with E-state index in [2.05, 4.69) is 0 Å². The lowest BCUT2D eigenvalue weighted by molar-refractivity contribution is -0.136. The van der Waals surface area contributed by atoms with E-state index < -0.39 is 10.1 Å². The van der Waals surface area contributed by atoms with Crippen LogP contribution in [0.3, 0.4) is 0 Å². The predicted molar refractivity (Wildman–Crippen MR) is 99.3 cm³/mol. The molecule has 0 saturated heterocycles. The molecule has 6 nitrogen and oxygen atoms in total. The van der Waals surface area contributed by atoms with E-state index in [0.29, 0.717) is 16.3 Å². The second-order valence-corrected chi connectivity index (χ2v) is 8.41. The zero-order valence-corrected chi connectivity index (χ0v) is 16.5. The fraction of sp³-hybridized carbons (Fsp3) is 0.389. The summed E-state index contributed by atoms with van der Waals surface area (Å²) in [6, 6.07) is 8.17. The minimum atomic E-state index is -3.70. The maximum Gasteiger partial charge on any atom is 0.308 e. The van der Waals surface area contributed by atoms with Gasteiger partial charge in [-0.05, 0) is 37.3 Å². The van der Waals surface area contributed by atoms with Gasteiger partial charge in [0.1, 0.15) is 11.5 Å². The highest BCUT2D eigenvalue weighted by molar-refractivity contribution is 7.87. The fourth-order valence-electron chi connectivity index (χ4n) is 2.32. The third kappa shape index (κ3) is 5.51. The summed E-state index contributed by atoms with van der Waals surface area (Å²) in [6.45, 7) is 5.50. The molecule has 0 aliphatic rings. The molecule has 2 rings (SSSR count). The Labute approximate surface area is 158 Å². The van der Waals surface area contributed by atoms with Crippen molar-refractivity contribution in [3.63, 3.8) is 0 Å². The Balaban J connectivity index is 2.34. The number of hydrogen-bond donors (Lipinski definition) is 0. The van der Waals surface area contributed by atoms with Crippen molar-refractivity contribution in [2.24, 2.45) is 5.92 Å². The number of rotatable bonds is 8. The van der Waals surface area contributed by atoms with Crippen molar-refractivity contribution in [3.8, 4) is 5.75 Å². The molecular weight excluding hydrogens is 378 g/mol. The van der Waals surface area contributed by atoms with Crippen molar-refractivity contribution in [1.29, 1.82) is 0 Å². The Kier molecular flexibility index (Phi) is 6.72. The zero-order valence-electron chi connectivity index (χ0n) is 14.9. The normalized spacial score (nSPS) is 11.6. The third-order valence-corrected chi connectivity index (χ3v) is 5.06. The second kappa shape index (κ2) is 8.60. The van der Waals surface area contributed by atoms with E-state index in [4.69, 9.17) is 20.2 Å². The Bertz CT molecular complexity index is 846. The fourth-order valence-corrected chi connectivity index (χ4v) is 3.07. The lowest BCUT2D eigenvalue weighted by atomic mass is 10.1. The van der Waals surface area contributed by atoms with Gasteiger partial charge in [-0.2, -0.15) is 8.42 Å². The van der Waals surface area contributed by atoms with Crippen LogP contribution in [-0.2, 0) is 28.0 Å². The Hall–Kier alpha value is -1.99. The molecule has 1 aromatic carbocycles. The molecule has 0 N–H and O–H groups in total. The van der Waals surface area contributed by atoms with Crippen LogP contribution in [0.5, 0.6) is 5.75 Å². The highest BCUT2D eigenvalue weighted by Gasteiger charge is 2.22. The van der Waals surface area contributed by atoms with Gasteiger partial charge in [0, 0.05) is 23.0 Å². The molecule has 0 spiro atoms. The number of amides is 1. The van der Waals surface area contributed by atoms with Gasteiger partial charge in [0.25, 0.3) is 0 Å². The van der Waals surface area contributed by atoms with Crippen LogP contribution in [0.1, 0.15) is 32.1 Å². The summed E-state index contributed by atoms with van der Waals surface area (Å²) in [5.74, 6) is 0.316. The minimum absolute atomic E-state index is 0.0920. The van der Waals surface area contributed by atoms with Crippen molar-refractivity contribution < 1.29 is 21.8 Å².